The molecule has 110 valence electrons. The van der Waals surface area contributed by atoms with Gasteiger partial charge in [-0.2, -0.15) is 4.39 Å². The first-order chi connectivity index (χ1) is 9.38. The highest BCUT2D eigenvalue weighted by Crippen LogP contribution is 2.34. The number of nitrogens with zero attached hydrogens (tertiary/aromatic N) is 1. The number of nitrogens with one attached hydrogen (secondary N) is 1. The number of hydrogen-bond acceptors (Lipinski definition) is 3. The van der Waals surface area contributed by atoms with Crippen LogP contribution >= 0.6 is 0 Å². The molecule has 3 atom stereocenters. The van der Waals surface area contributed by atoms with Crippen molar-refractivity contribution in [3.63, 3.8) is 0 Å². The van der Waals surface area contributed by atoms with E-state index in [4.69, 9.17) is 0 Å². The summed E-state index contributed by atoms with van der Waals surface area (Å²) in [6.45, 7) is 4.30. The van der Waals surface area contributed by atoms with E-state index < -0.39 is 22.2 Å². The van der Waals surface area contributed by atoms with E-state index >= 15 is 0 Å². The van der Waals surface area contributed by atoms with Crippen LogP contribution in [0, 0.1) is 33.6 Å². The van der Waals surface area contributed by atoms with Crippen LogP contribution in [0.2, 0.25) is 0 Å². The van der Waals surface area contributed by atoms with Crippen molar-refractivity contribution in [1.29, 1.82) is 0 Å². The second-order valence-corrected chi connectivity index (χ2v) is 5.65. The molecular formula is C14H18F2N2O2. The first-order valence-corrected chi connectivity index (χ1v) is 6.78. The molecule has 1 aromatic rings. The molecule has 20 heavy (non-hydrogen) atoms. The first kappa shape index (κ1) is 14.7. The Balaban J connectivity index is 2.23. The van der Waals surface area contributed by atoms with Crippen molar-refractivity contribution in [3.05, 3.63) is 33.9 Å². The molecule has 2 rings (SSSR count). The van der Waals surface area contributed by atoms with Gasteiger partial charge in [-0.25, -0.2) is 4.39 Å². The van der Waals surface area contributed by atoms with Gasteiger partial charge in [-0.1, -0.05) is 13.8 Å². The zero-order chi connectivity index (χ0) is 14.9. The SMILES string of the molecule is CC1CCC(Nc2cc(F)cc(F)c2[N+](=O)[O-])CC1C. The number of benzene rings is 1. The Morgan fingerprint density at radius 2 is 1.95 bits per heavy atom. The Kier molecular flexibility index (Phi) is 4.20. The molecule has 1 aliphatic rings. The van der Waals surface area contributed by atoms with Gasteiger partial charge in [-0.05, 0) is 31.1 Å². The third kappa shape index (κ3) is 3.05. The molecule has 6 heteroatoms. The molecule has 0 spiro atoms. The van der Waals surface area contributed by atoms with Crippen molar-refractivity contribution in [1.82, 2.24) is 0 Å². The lowest BCUT2D eigenvalue weighted by Crippen LogP contribution is -2.30. The monoisotopic (exact) mass is 284 g/mol. The number of anilines is 1. The lowest BCUT2D eigenvalue weighted by atomic mass is 9.79. The van der Waals surface area contributed by atoms with Crippen LogP contribution in [-0.4, -0.2) is 11.0 Å². The third-order valence-electron chi connectivity index (χ3n) is 4.17. The van der Waals surface area contributed by atoms with E-state index in [0.717, 1.165) is 25.3 Å². The molecule has 1 aromatic carbocycles. The topological polar surface area (TPSA) is 55.2 Å². The van der Waals surface area contributed by atoms with Gasteiger partial charge in [-0.15, -0.1) is 0 Å². The maximum absolute atomic E-state index is 13.5. The highest BCUT2D eigenvalue weighted by atomic mass is 19.1. The minimum atomic E-state index is -1.14. The fourth-order valence-corrected chi connectivity index (χ4v) is 2.76. The van der Waals surface area contributed by atoms with Gasteiger partial charge >= 0.3 is 5.69 Å². The molecule has 1 fully saturated rings. The predicted octanol–water partition coefficient (Wildman–Crippen LogP) is 4.11. The van der Waals surface area contributed by atoms with Crippen LogP contribution < -0.4 is 5.32 Å². The van der Waals surface area contributed by atoms with Gasteiger partial charge in [-0.3, -0.25) is 10.1 Å². The van der Waals surface area contributed by atoms with Crippen molar-refractivity contribution in [3.8, 4) is 0 Å². The number of nitro groups is 1. The zero-order valence-corrected chi connectivity index (χ0v) is 11.5. The number of rotatable bonds is 3. The zero-order valence-electron chi connectivity index (χ0n) is 11.5. The summed E-state index contributed by atoms with van der Waals surface area (Å²) in [6, 6.07) is 1.54. The summed E-state index contributed by atoms with van der Waals surface area (Å²) in [5, 5.41) is 13.9. The van der Waals surface area contributed by atoms with E-state index in [1.165, 1.54) is 0 Å². The van der Waals surface area contributed by atoms with Crippen LogP contribution in [0.1, 0.15) is 33.1 Å². The van der Waals surface area contributed by atoms with Crippen LogP contribution in [-0.2, 0) is 0 Å². The maximum atomic E-state index is 13.5. The quantitative estimate of drug-likeness (QED) is 0.671. The smallest absolute Gasteiger partial charge is 0.327 e. The second kappa shape index (κ2) is 5.73. The average molecular weight is 284 g/mol. The third-order valence-corrected chi connectivity index (χ3v) is 4.17. The van der Waals surface area contributed by atoms with Crippen molar-refractivity contribution >= 4 is 11.4 Å². The van der Waals surface area contributed by atoms with Crippen molar-refractivity contribution in [2.75, 3.05) is 5.32 Å². The Morgan fingerprint density at radius 1 is 1.25 bits per heavy atom. The summed E-state index contributed by atoms with van der Waals surface area (Å²) in [5.41, 5.74) is -0.753. The fourth-order valence-electron chi connectivity index (χ4n) is 2.76. The molecular weight excluding hydrogens is 266 g/mol. The standard InChI is InChI=1S/C14H18F2N2O2/c1-8-3-4-11(5-9(8)2)17-13-7-10(15)6-12(16)14(13)18(19)20/h6-9,11,17H,3-5H2,1-2H3. The van der Waals surface area contributed by atoms with Crippen LogP contribution in [0.3, 0.4) is 0 Å². The average Bonchev–Trinajstić information content (AvgIpc) is 2.32. The van der Waals surface area contributed by atoms with Gasteiger partial charge in [0.05, 0.1) is 4.92 Å². The molecule has 0 bridgehead atoms. The summed E-state index contributed by atoms with van der Waals surface area (Å²) in [7, 11) is 0. The lowest BCUT2D eigenvalue weighted by Gasteiger charge is -2.33. The summed E-state index contributed by atoms with van der Waals surface area (Å²) < 4.78 is 26.8. The molecule has 0 aromatic heterocycles. The van der Waals surface area contributed by atoms with Gasteiger partial charge in [0.25, 0.3) is 0 Å². The van der Waals surface area contributed by atoms with E-state index in [1.807, 2.05) is 0 Å². The molecule has 0 heterocycles. The Labute approximate surface area is 116 Å². The lowest BCUT2D eigenvalue weighted by molar-refractivity contribution is -0.386. The van der Waals surface area contributed by atoms with E-state index in [2.05, 4.69) is 19.2 Å². The maximum Gasteiger partial charge on any atom is 0.327 e. The van der Waals surface area contributed by atoms with Crippen LogP contribution in [0.15, 0.2) is 12.1 Å². The highest BCUT2D eigenvalue weighted by molar-refractivity contribution is 5.62. The second-order valence-electron chi connectivity index (χ2n) is 5.65. The molecule has 4 nitrogen and oxygen atoms in total. The van der Waals surface area contributed by atoms with E-state index in [9.17, 15) is 18.9 Å². The number of halogens is 2. The molecule has 1 saturated carbocycles. The van der Waals surface area contributed by atoms with Gasteiger partial charge in [0.15, 0.2) is 0 Å². The normalized spacial score (nSPS) is 26.3. The van der Waals surface area contributed by atoms with Crippen molar-refractivity contribution < 1.29 is 13.7 Å². The minimum Gasteiger partial charge on any atom is -0.377 e. The van der Waals surface area contributed by atoms with E-state index in [0.29, 0.717) is 17.9 Å². The molecule has 0 radical (unpaired) electrons. The van der Waals surface area contributed by atoms with Gasteiger partial charge in [0.1, 0.15) is 11.5 Å². The van der Waals surface area contributed by atoms with Gasteiger partial charge in [0.2, 0.25) is 5.82 Å². The van der Waals surface area contributed by atoms with Crippen LogP contribution in [0.5, 0.6) is 0 Å². The highest BCUT2D eigenvalue weighted by Gasteiger charge is 2.28. The summed E-state index contributed by atoms with van der Waals surface area (Å²) in [5.74, 6) is -0.867. The predicted molar refractivity (Wildman–Crippen MR) is 72.6 cm³/mol. The fraction of sp³-hybridized carbons (Fsp3) is 0.571. The van der Waals surface area contributed by atoms with Crippen LogP contribution in [0.4, 0.5) is 20.2 Å². The minimum absolute atomic E-state index is 0.0149. The molecule has 1 N–H and O–H groups in total. The molecule has 3 unspecified atom stereocenters. The first-order valence-electron chi connectivity index (χ1n) is 6.78. The van der Waals surface area contributed by atoms with Crippen LogP contribution in [0.25, 0.3) is 0 Å². The van der Waals surface area contributed by atoms with Crippen molar-refractivity contribution in [2.45, 2.75) is 39.2 Å². The molecule has 0 aliphatic heterocycles. The summed E-state index contributed by atoms with van der Waals surface area (Å²) >= 11 is 0. The molecule has 1 aliphatic carbocycles. The Morgan fingerprint density at radius 3 is 2.55 bits per heavy atom. The van der Waals surface area contributed by atoms with Gasteiger partial charge < -0.3 is 5.32 Å². The van der Waals surface area contributed by atoms with Crippen molar-refractivity contribution in [2.24, 2.45) is 11.8 Å². The summed E-state index contributed by atoms with van der Waals surface area (Å²) in [4.78, 5) is 10.1. The largest absolute Gasteiger partial charge is 0.377 e. The Bertz CT molecular complexity index is 522. The number of nitro benzene ring substituents is 1. The van der Waals surface area contributed by atoms with E-state index in [-0.39, 0.29) is 11.7 Å². The Hall–Kier alpha value is -1.72. The summed E-state index contributed by atoms with van der Waals surface area (Å²) in [6.07, 6.45) is 2.70. The molecule has 0 saturated heterocycles. The number of hydrogen-bond donors (Lipinski definition) is 1. The molecule has 0 amide bonds. The van der Waals surface area contributed by atoms with Gasteiger partial charge in [0, 0.05) is 18.2 Å². The van der Waals surface area contributed by atoms with E-state index in [1.54, 1.807) is 0 Å².